The number of anilines is 2. The smallest absolute Gasteiger partial charge is 0.391 e. The first kappa shape index (κ1) is 88.3. The number of ether oxygens (including phenoxy) is 1. The number of allylic oxidation sites excluding steroid dienone is 1. The van der Waals surface area contributed by atoms with E-state index in [1.54, 1.807) is 28.4 Å². The molecule has 29 heteroatoms. The van der Waals surface area contributed by atoms with Crippen LogP contribution in [0.3, 0.4) is 0 Å². The molecule has 5 aromatic carbocycles. The second kappa shape index (κ2) is 39.5. The molecule has 0 spiro atoms. The van der Waals surface area contributed by atoms with Crippen LogP contribution >= 0.6 is 34.7 Å². The number of likely N-dealkylation sites (tertiary alicyclic amines) is 3. The largest absolute Gasteiger partial charge is 0.501 e. The number of amides is 4. The third-order valence-corrected chi connectivity index (χ3v) is 29.5. The van der Waals surface area contributed by atoms with E-state index in [1.807, 2.05) is 112 Å². The lowest BCUT2D eigenvalue weighted by atomic mass is 9.70. The zero-order valence-electron chi connectivity index (χ0n) is 67.7. The monoisotopic (exact) mass is 1690 g/mol. The summed E-state index contributed by atoms with van der Waals surface area (Å²) < 4.78 is 105. The third-order valence-electron chi connectivity index (χ3n) is 24.2. The van der Waals surface area contributed by atoms with Crippen molar-refractivity contribution >= 4 is 95.1 Å². The minimum absolute atomic E-state index is 0.0202. The Morgan fingerprint density at radius 1 is 0.784 bits per heavy atom. The van der Waals surface area contributed by atoms with Crippen molar-refractivity contribution in [3.05, 3.63) is 160 Å². The number of benzene rings is 5. The Morgan fingerprint density at radius 3 is 2.15 bits per heavy atom. The van der Waals surface area contributed by atoms with Gasteiger partial charge in [0.25, 0.3) is 25.8 Å². The number of hydrogen-bond acceptors (Lipinski definition) is 19. The number of carbonyl (C=O) groups excluding carboxylic acids is 4. The fraction of sp³-hybridized carbons (Fsp3) is 0.552. The summed E-state index contributed by atoms with van der Waals surface area (Å²) >= 11 is 9.47. The molecule has 5 aliphatic heterocycles. The first-order valence-electron chi connectivity index (χ1n) is 41.2. The summed E-state index contributed by atoms with van der Waals surface area (Å²) in [7, 11) is -11.0. The van der Waals surface area contributed by atoms with Crippen molar-refractivity contribution < 1.29 is 59.0 Å². The number of aryl methyl sites for hydroxylation is 1. The highest BCUT2D eigenvalue weighted by Gasteiger charge is 2.49. The number of hydrogen-bond donors (Lipinski definition) is 5. The molecule has 6 aliphatic rings. The predicted molar refractivity (Wildman–Crippen MR) is 454 cm³/mol. The number of alkyl halides is 3. The second-order valence-corrected chi connectivity index (χ2v) is 39.9. The first-order valence-corrected chi connectivity index (χ1v) is 46.4. The summed E-state index contributed by atoms with van der Waals surface area (Å²) in [6, 6.07) is 32.4. The van der Waals surface area contributed by atoms with Gasteiger partial charge >= 0.3 is 5.51 Å². The molecule has 0 radical (unpaired) electrons. The Morgan fingerprint density at radius 2 is 1.47 bits per heavy atom. The van der Waals surface area contributed by atoms with E-state index in [4.69, 9.17) is 16.3 Å². The lowest BCUT2D eigenvalue weighted by Crippen LogP contribution is -2.56. The van der Waals surface area contributed by atoms with Crippen LogP contribution < -0.4 is 25.6 Å². The van der Waals surface area contributed by atoms with E-state index in [0.717, 1.165) is 174 Å². The van der Waals surface area contributed by atoms with Crippen LogP contribution in [0.5, 0.6) is 0 Å². The van der Waals surface area contributed by atoms with E-state index < -0.39 is 76.4 Å². The molecular weight excluding hydrogens is 1580 g/mol. The Labute approximate surface area is 696 Å². The molecule has 0 saturated carbocycles. The highest BCUT2D eigenvalue weighted by atomic mass is 35.5. The molecule has 21 nitrogen and oxygen atoms in total. The van der Waals surface area contributed by atoms with Crippen molar-refractivity contribution in [1.29, 1.82) is 0 Å². The van der Waals surface area contributed by atoms with Crippen molar-refractivity contribution in [2.45, 2.75) is 182 Å². The van der Waals surface area contributed by atoms with Gasteiger partial charge in [0.2, 0.25) is 17.7 Å². The van der Waals surface area contributed by atoms with Crippen molar-refractivity contribution in [3.63, 3.8) is 0 Å². The van der Waals surface area contributed by atoms with Crippen LogP contribution in [0.15, 0.2) is 147 Å². The van der Waals surface area contributed by atoms with Gasteiger partial charge in [-0.15, -0.1) is 23.1 Å². The first-order chi connectivity index (χ1) is 55.4. The van der Waals surface area contributed by atoms with Gasteiger partial charge in [-0.25, -0.2) is 26.5 Å². The number of nitrogens with one attached hydrogen (secondary N) is 4. The van der Waals surface area contributed by atoms with Gasteiger partial charge in [-0.3, -0.25) is 24.1 Å². The molecule has 6 heterocycles. The van der Waals surface area contributed by atoms with Gasteiger partial charge in [0, 0.05) is 131 Å². The van der Waals surface area contributed by atoms with Crippen LogP contribution in [0.2, 0.25) is 5.02 Å². The van der Waals surface area contributed by atoms with Gasteiger partial charge in [0.15, 0.2) is 0 Å². The van der Waals surface area contributed by atoms with Gasteiger partial charge in [0.05, 0.1) is 51.5 Å². The number of piperidine rings is 2. The number of sulfone groups is 1. The predicted octanol–water partition coefficient (Wildman–Crippen LogP) is 14.0. The summed E-state index contributed by atoms with van der Waals surface area (Å²) in [6.45, 7) is 24.7. The molecule has 4 amide bonds. The van der Waals surface area contributed by atoms with E-state index in [9.17, 15) is 54.3 Å². The molecule has 630 valence electrons. The molecule has 0 unspecified atom stereocenters. The number of carbonyl (C=O) groups is 4. The molecule has 5 N–H and O–H groups in total. The van der Waals surface area contributed by atoms with E-state index in [0.29, 0.717) is 87.5 Å². The number of rotatable bonds is 31. The Hall–Kier alpha value is -6.96. The molecule has 6 aromatic rings. The van der Waals surface area contributed by atoms with Crippen molar-refractivity contribution in [1.82, 2.24) is 44.8 Å². The number of aliphatic hydroxyl groups excluding tert-OH is 1. The molecule has 1 aliphatic carbocycles. The zero-order chi connectivity index (χ0) is 82.5. The van der Waals surface area contributed by atoms with Crippen LogP contribution in [-0.4, -0.2) is 222 Å². The second-order valence-electron chi connectivity index (χ2n) is 33.9. The van der Waals surface area contributed by atoms with Crippen LogP contribution in [0, 0.1) is 29.6 Å². The fourth-order valence-electron chi connectivity index (χ4n) is 17.6. The van der Waals surface area contributed by atoms with Crippen molar-refractivity contribution in [3.8, 4) is 10.4 Å². The maximum atomic E-state index is 14.5. The van der Waals surface area contributed by atoms with Gasteiger partial charge in [0.1, 0.15) is 10.9 Å². The molecule has 5 fully saturated rings. The summed E-state index contributed by atoms with van der Waals surface area (Å²) in [5.41, 5.74) is 3.05. The van der Waals surface area contributed by atoms with Crippen molar-refractivity contribution in [2.75, 3.05) is 127 Å². The molecular formula is C87H115ClF3N11O10S4. The number of β-amino-alcohol motifs (C(OH)–C–C–N with tert-alkyl or cyclic N) is 1. The average molecular weight is 1700 g/mol. The van der Waals surface area contributed by atoms with Gasteiger partial charge in [-0.1, -0.05) is 106 Å². The summed E-state index contributed by atoms with van der Waals surface area (Å²) in [5, 5.41) is 21.2. The summed E-state index contributed by atoms with van der Waals surface area (Å²) in [6.07, 6.45) is 10.8. The van der Waals surface area contributed by atoms with Crippen LogP contribution in [0.25, 0.3) is 16.0 Å². The highest BCUT2D eigenvalue weighted by molar-refractivity contribution is 7.99. The van der Waals surface area contributed by atoms with Crippen LogP contribution in [-0.2, 0) is 39.0 Å². The van der Waals surface area contributed by atoms with Gasteiger partial charge in [-0.2, -0.15) is 13.2 Å². The number of halogens is 4. The maximum Gasteiger partial charge on any atom is 0.501 e. The quantitative estimate of drug-likeness (QED) is 0.0200. The number of piperazine rings is 1. The average Bonchev–Trinajstić information content (AvgIpc) is 0.845. The van der Waals surface area contributed by atoms with Crippen LogP contribution in [0.1, 0.15) is 158 Å². The third kappa shape index (κ3) is 23.1. The summed E-state index contributed by atoms with van der Waals surface area (Å²) in [4.78, 5) is 73.0. The summed E-state index contributed by atoms with van der Waals surface area (Å²) in [5.74, 6) is 0.278. The van der Waals surface area contributed by atoms with E-state index in [2.05, 4.69) is 64.5 Å². The van der Waals surface area contributed by atoms with Gasteiger partial charge in [-0.05, 0) is 216 Å². The number of aromatic nitrogens is 1. The van der Waals surface area contributed by atoms with E-state index >= 15 is 0 Å². The Bertz CT molecular complexity index is 4570. The molecule has 12 rings (SSSR count). The molecule has 0 bridgehead atoms. The normalized spacial score (nSPS) is 21.1. The lowest BCUT2D eigenvalue weighted by Gasteiger charge is -2.45. The minimum atomic E-state index is -6.11. The van der Waals surface area contributed by atoms with Crippen LogP contribution in [0.4, 0.5) is 24.5 Å². The zero-order valence-corrected chi connectivity index (χ0v) is 71.7. The number of sulfonamides is 1. The Balaban J connectivity index is 0.575. The Kier molecular flexibility index (Phi) is 30.1. The van der Waals surface area contributed by atoms with E-state index in [-0.39, 0.29) is 47.7 Å². The topological polar surface area (TPSA) is 246 Å². The highest BCUT2D eigenvalue weighted by Crippen LogP contribution is 2.46. The maximum absolute atomic E-state index is 14.5. The minimum Gasteiger partial charge on any atom is -0.391 e. The number of thioether (sulfide) groups is 1. The lowest BCUT2D eigenvalue weighted by molar-refractivity contribution is -0.142. The molecule has 6 atom stereocenters. The fourth-order valence-corrected chi connectivity index (χ4v) is 21.5. The number of aliphatic hydroxyl groups is 1. The molecule has 5 saturated heterocycles. The van der Waals surface area contributed by atoms with Crippen molar-refractivity contribution in [2.24, 2.45) is 22.7 Å². The molecule has 1 aromatic heterocycles. The molecule has 116 heavy (non-hydrogen) atoms. The number of thiazole rings is 1. The van der Waals surface area contributed by atoms with E-state index in [1.165, 1.54) is 40.6 Å². The number of unbranched alkanes of at least 4 members (excludes halogenated alkanes) is 2. The standard InChI is InChI=1S/C87H115ClF3N11O10S4/c1-60(62-17-19-66(20-18-62)80-61(2)93-59-114-80)94-83(106)77-52-72(103)56-102(77)84(107)81(85(3,4)5)92-38-12-8-11-16-79(104)101-43-34-64(35-44-101)63-32-40-99(41-33-63)58-86(6)37-31-75(65-21-25-69(88)26-22-65)68(54-86)55-98-45-47-100(48-46-98)71-27-23-67(24-28-71)82(105)96-116(110,111)74-29-30-76(78(53-74)115(108,109)87(89,90)91)95-70(57-113-73-14-9-7-10-15-73)36-42-97-39-13-50-112-51-49-97/h7,9-10,14-15,17-30,53,59-60,63-64,70,72,77,81,92,95,103H,8,11-13,16,31-52,54-58H2,1-6H3,(H,94,106)(H,96,105)/t60-,70+,72+,77-,81+,86+/m0/s1. The number of nitrogens with zero attached hydrogens (tertiary/aromatic N) is 7. The SMILES string of the molecule is Cc1ncsc1-c1ccc([C@H](C)NC(=O)[C@@H]2C[C@@H](O)CN2C(=O)[C@@H](NCCCCCC(=O)N2CCC(C3CCN(C[C@]4(C)CCC(c5ccc(Cl)cc5)=C(CN5CCN(c6ccc(C(=O)NS(=O)(=O)c7ccc(N[C@H](CCN8CCCOCC8)CSc8ccccc8)c(S(=O)(=O)C(F)(F)F)c7)cc6)CC5)C4)CC3)CC2)C(C)(C)C)cc1. The van der Waals surface area contributed by atoms with Gasteiger partial charge < -0.3 is 50.3 Å².